The number of hydrogen-bond donors (Lipinski definition) is 0. The summed E-state index contributed by atoms with van der Waals surface area (Å²) in [4.78, 5) is 4.00. The third-order valence-corrected chi connectivity index (χ3v) is 3.34. The molecular formula is C17H12F3NO. The van der Waals surface area contributed by atoms with Gasteiger partial charge in [-0.05, 0) is 23.8 Å². The molecule has 5 heteroatoms. The van der Waals surface area contributed by atoms with Crippen molar-refractivity contribution in [1.82, 2.24) is 4.98 Å². The fourth-order valence-corrected chi connectivity index (χ4v) is 2.23. The van der Waals surface area contributed by atoms with Gasteiger partial charge in [-0.25, -0.2) is 13.2 Å². The zero-order valence-electron chi connectivity index (χ0n) is 11.5. The number of rotatable bonds is 4. The molecule has 0 saturated carbocycles. The molecule has 0 saturated heterocycles. The maximum Gasteiger partial charge on any atom is 0.149 e. The Morgan fingerprint density at radius 3 is 2.50 bits per heavy atom. The van der Waals surface area contributed by atoms with Crippen LogP contribution < -0.4 is 0 Å². The molecule has 112 valence electrons. The number of ether oxygens (including phenoxy) is 1. The van der Waals surface area contributed by atoms with E-state index in [0.29, 0.717) is 5.39 Å². The lowest BCUT2D eigenvalue weighted by molar-refractivity contribution is 0.105. The van der Waals surface area contributed by atoms with E-state index >= 15 is 0 Å². The SMILES string of the molecule is Fc1ccc(COCc2ccnc3c(F)cccc23)c(F)c1. The standard InChI is InChI=1S/C17H12F3NO/c18-13-5-4-12(16(20)8-13)10-22-9-11-6-7-21-17-14(11)2-1-3-15(17)19/h1-8H,9-10H2. The average molecular weight is 303 g/mol. The highest BCUT2D eigenvalue weighted by Crippen LogP contribution is 2.20. The minimum Gasteiger partial charge on any atom is -0.372 e. The van der Waals surface area contributed by atoms with Gasteiger partial charge in [-0.1, -0.05) is 18.2 Å². The Bertz CT molecular complexity index is 820. The van der Waals surface area contributed by atoms with Crippen LogP contribution in [0.2, 0.25) is 0 Å². The van der Waals surface area contributed by atoms with Crippen LogP contribution in [0.5, 0.6) is 0 Å². The summed E-state index contributed by atoms with van der Waals surface area (Å²) >= 11 is 0. The minimum atomic E-state index is -0.648. The minimum absolute atomic E-state index is 0.00520. The number of hydrogen-bond acceptors (Lipinski definition) is 2. The fourth-order valence-electron chi connectivity index (χ4n) is 2.23. The van der Waals surface area contributed by atoms with Crippen molar-refractivity contribution in [1.29, 1.82) is 0 Å². The Morgan fingerprint density at radius 2 is 1.68 bits per heavy atom. The van der Waals surface area contributed by atoms with Gasteiger partial charge in [0, 0.05) is 23.2 Å². The molecule has 0 aliphatic heterocycles. The van der Waals surface area contributed by atoms with E-state index in [-0.39, 0.29) is 24.3 Å². The molecule has 1 aromatic heterocycles. The van der Waals surface area contributed by atoms with Crippen LogP contribution in [0, 0.1) is 17.5 Å². The van der Waals surface area contributed by atoms with E-state index in [9.17, 15) is 13.2 Å². The molecule has 3 aromatic rings. The molecule has 0 bridgehead atoms. The van der Waals surface area contributed by atoms with Gasteiger partial charge in [0.25, 0.3) is 0 Å². The van der Waals surface area contributed by atoms with Gasteiger partial charge in [-0.3, -0.25) is 4.98 Å². The summed E-state index contributed by atoms with van der Waals surface area (Å²) in [5.41, 5.74) is 1.30. The van der Waals surface area contributed by atoms with Crippen LogP contribution >= 0.6 is 0 Å². The summed E-state index contributed by atoms with van der Waals surface area (Å²) in [6.07, 6.45) is 1.50. The Balaban J connectivity index is 1.76. The van der Waals surface area contributed by atoms with E-state index in [1.165, 1.54) is 24.4 Å². The van der Waals surface area contributed by atoms with Gasteiger partial charge in [-0.15, -0.1) is 0 Å². The maximum atomic E-state index is 13.7. The van der Waals surface area contributed by atoms with E-state index in [4.69, 9.17) is 4.74 Å². The Labute approximate surface area is 125 Å². The normalized spacial score (nSPS) is 11.0. The number of nitrogens with zero attached hydrogens (tertiary/aromatic N) is 1. The van der Waals surface area contributed by atoms with Crippen LogP contribution in [0.1, 0.15) is 11.1 Å². The summed E-state index contributed by atoms with van der Waals surface area (Å²) in [7, 11) is 0. The molecule has 0 unspecified atom stereocenters. The molecule has 0 spiro atoms. The third kappa shape index (κ3) is 2.94. The molecule has 0 aliphatic rings. The van der Waals surface area contributed by atoms with E-state index in [1.807, 2.05) is 0 Å². The summed E-state index contributed by atoms with van der Waals surface area (Å²) in [6.45, 7) is 0.185. The first-order valence-corrected chi connectivity index (χ1v) is 6.69. The molecule has 1 heterocycles. The molecule has 0 N–H and O–H groups in total. The van der Waals surface area contributed by atoms with Crippen molar-refractivity contribution in [3.63, 3.8) is 0 Å². The molecule has 2 nitrogen and oxygen atoms in total. The first-order valence-electron chi connectivity index (χ1n) is 6.69. The van der Waals surface area contributed by atoms with Crippen molar-refractivity contribution < 1.29 is 17.9 Å². The van der Waals surface area contributed by atoms with Crippen LogP contribution in [-0.2, 0) is 18.0 Å². The third-order valence-electron chi connectivity index (χ3n) is 3.34. The molecule has 2 aromatic carbocycles. The molecule has 0 aliphatic carbocycles. The van der Waals surface area contributed by atoms with E-state index in [0.717, 1.165) is 11.6 Å². The number of fused-ring (bicyclic) bond motifs is 1. The van der Waals surface area contributed by atoms with Gasteiger partial charge in [0.1, 0.15) is 23.0 Å². The van der Waals surface area contributed by atoms with Crippen LogP contribution in [0.3, 0.4) is 0 Å². The largest absolute Gasteiger partial charge is 0.372 e. The van der Waals surface area contributed by atoms with Gasteiger partial charge in [-0.2, -0.15) is 0 Å². The smallest absolute Gasteiger partial charge is 0.149 e. The summed E-state index contributed by atoms with van der Waals surface area (Å²) < 4.78 is 45.4. The zero-order chi connectivity index (χ0) is 15.5. The van der Waals surface area contributed by atoms with Gasteiger partial charge >= 0.3 is 0 Å². The van der Waals surface area contributed by atoms with Crippen molar-refractivity contribution in [2.45, 2.75) is 13.2 Å². The lowest BCUT2D eigenvalue weighted by atomic mass is 10.1. The number of halogens is 3. The Morgan fingerprint density at radius 1 is 0.864 bits per heavy atom. The second kappa shape index (κ2) is 6.15. The monoisotopic (exact) mass is 303 g/mol. The summed E-state index contributed by atoms with van der Waals surface area (Å²) in [5, 5.41) is 0.655. The van der Waals surface area contributed by atoms with Crippen molar-refractivity contribution in [2.75, 3.05) is 0 Å². The van der Waals surface area contributed by atoms with Gasteiger partial charge in [0.15, 0.2) is 0 Å². The molecule has 0 amide bonds. The van der Waals surface area contributed by atoms with E-state index in [1.54, 1.807) is 18.2 Å². The van der Waals surface area contributed by atoms with Crippen molar-refractivity contribution >= 4 is 10.9 Å². The average Bonchev–Trinajstić information content (AvgIpc) is 2.50. The zero-order valence-corrected chi connectivity index (χ0v) is 11.5. The summed E-state index contributed by atoms with van der Waals surface area (Å²) in [5.74, 6) is -1.67. The second-order valence-corrected chi connectivity index (χ2v) is 4.83. The molecule has 0 fully saturated rings. The lowest BCUT2D eigenvalue weighted by Gasteiger charge is -2.08. The number of benzene rings is 2. The van der Waals surface area contributed by atoms with Gasteiger partial charge in [0.2, 0.25) is 0 Å². The van der Waals surface area contributed by atoms with Crippen LogP contribution in [0.4, 0.5) is 13.2 Å². The lowest BCUT2D eigenvalue weighted by Crippen LogP contribution is -1.99. The van der Waals surface area contributed by atoms with Gasteiger partial charge in [0.05, 0.1) is 13.2 Å². The molecule has 3 rings (SSSR count). The first-order chi connectivity index (χ1) is 10.6. The predicted octanol–water partition coefficient (Wildman–Crippen LogP) is 4.37. The van der Waals surface area contributed by atoms with E-state index in [2.05, 4.69) is 4.98 Å². The molecule has 0 atom stereocenters. The van der Waals surface area contributed by atoms with Crippen LogP contribution in [0.15, 0.2) is 48.7 Å². The van der Waals surface area contributed by atoms with Gasteiger partial charge < -0.3 is 4.74 Å². The number of aromatic nitrogens is 1. The molecule has 0 radical (unpaired) electrons. The quantitative estimate of drug-likeness (QED) is 0.714. The fraction of sp³-hybridized carbons (Fsp3) is 0.118. The predicted molar refractivity (Wildman–Crippen MR) is 76.6 cm³/mol. The molecular weight excluding hydrogens is 291 g/mol. The topological polar surface area (TPSA) is 22.1 Å². The highest BCUT2D eigenvalue weighted by Gasteiger charge is 2.07. The van der Waals surface area contributed by atoms with Crippen LogP contribution in [0.25, 0.3) is 10.9 Å². The first kappa shape index (κ1) is 14.5. The van der Waals surface area contributed by atoms with E-state index < -0.39 is 17.5 Å². The van der Waals surface area contributed by atoms with Crippen molar-refractivity contribution in [3.8, 4) is 0 Å². The van der Waals surface area contributed by atoms with Crippen molar-refractivity contribution in [3.05, 3.63) is 77.2 Å². The highest BCUT2D eigenvalue weighted by atomic mass is 19.1. The Hall–Kier alpha value is -2.40. The summed E-state index contributed by atoms with van der Waals surface area (Å²) in [6, 6.07) is 9.76. The molecule has 22 heavy (non-hydrogen) atoms. The van der Waals surface area contributed by atoms with Crippen molar-refractivity contribution in [2.24, 2.45) is 0 Å². The Kier molecular flexibility index (Phi) is 4.06. The van der Waals surface area contributed by atoms with Crippen LogP contribution in [-0.4, -0.2) is 4.98 Å². The number of para-hydroxylation sites is 1. The maximum absolute atomic E-state index is 13.7. The second-order valence-electron chi connectivity index (χ2n) is 4.83. The highest BCUT2D eigenvalue weighted by molar-refractivity contribution is 5.82. The number of pyridine rings is 1.